The van der Waals surface area contributed by atoms with Gasteiger partial charge >= 0.3 is 11.8 Å². The van der Waals surface area contributed by atoms with Crippen molar-refractivity contribution >= 4 is 34.5 Å². The number of anilines is 1. The fraction of sp³-hybridized carbons (Fsp3) is 0.533. The minimum absolute atomic E-state index is 0.0896. The van der Waals surface area contributed by atoms with Gasteiger partial charge in [-0.3, -0.25) is 0 Å². The number of pyridine rings is 1. The van der Waals surface area contributed by atoms with E-state index in [1.807, 2.05) is 39.8 Å². The number of hydrogen-bond acceptors (Lipinski definition) is 6. The Balaban J connectivity index is 1.64. The van der Waals surface area contributed by atoms with Crippen LogP contribution in [0.15, 0.2) is 29.1 Å². The van der Waals surface area contributed by atoms with Crippen LogP contribution in [-0.4, -0.2) is 56.8 Å². The first-order chi connectivity index (χ1) is 18.5. The van der Waals surface area contributed by atoms with Crippen LogP contribution < -0.4 is 10.6 Å². The molecule has 8 nitrogen and oxygen atoms in total. The van der Waals surface area contributed by atoms with E-state index in [0.717, 1.165) is 53.6 Å². The summed E-state index contributed by atoms with van der Waals surface area (Å²) in [6, 6.07) is 8.02. The van der Waals surface area contributed by atoms with E-state index in [4.69, 9.17) is 21.3 Å². The Morgan fingerprint density at radius 2 is 1.77 bits per heavy atom. The molecule has 5 rings (SSSR count). The first kappa shape index (κ1) is 27.4. The first-order valence-corrected chi connectivity index (χ1v) is 14.4. The topological polar surface area (TPSA) is 80.6 Å². The van der Waals surface area contributed by atoms with Gasteiger partial charge < -0.3 is 14.5 Å². The number of aromatic nitrogens is 3. The molecule has 1 atom stereocenters. The third kappa shape index (κ3) is 5.36. The van der Waals surface area contributed by atoms with Crippen LogP contribution in [0, 0.1) is 0 Å². The zero-order chi connectivity index (χ0) is 28.1. The molecule has 0 spiro atoms. The number of benzene rings is 1. The minimum Gasteiger partial charge on any atom is -0.444 e. The van der Waals surface area contributed by atoms with Crippen molar-refractivity contribution in [2.45, 2.75) is 84.8 Å². The second-order valence-corrected chi connectivity index (χ2v) is 12.1. The van der Waals surface area contributed by atoms with Crippen LogP contribution in [0.3, 0.4) is 0 Å². The number of carbonyl (C=O) groups excluding carboxylic acids is 1. The van der Waals surface area contributed by atoms with Gasteiger partial charge in [-0.05, 0) is 70.6 Å². The first-order valence-electron chi connectivity index (χ1n) is 14.0. The maximum atomic E-state index is 13.9. The third-order valence-electron chi connectivity index (χ3n) is 7.53. The van der Waals surface area contributed by atoms with Gasteiger partial charge in [-0.15, -0.1) is 0 Å². The van der Waals surface area contributed by atoms with Gasteiger partial charge in [0.1, 0.15) is 11.4 Å². The molecule has 1 aliphatic carbocycles. The molecule has 3 heterocycles. The number of ether oxygens (including phenoxy) is 1. The van der Waals surface area contributed by atoms with E-state index in [-0.39, 0.29) is 17.8 Å². The average molecular weight is 552 g/mol. The summed E-state index contributed by atoms with van der Waals surface area (Å²) in [5.74, 6) is 0.886. The van der Waals surface area contributed by atoms with Crippen LogP contribution >= 0.6 is 11.6 Å². The van der Waals surface area contributed by atoms with Crippen LogP contribution in [0.2, 0.25) is 5.02 Å². The van der Waals surface area contributed by atoms with E-state index in [9.17, 15) is 9.59 Å². The highest BCUT2D eigenvalue weighted by atomic mass is 35.5. The second-order valence-electron chi connectivity index (χ2n) is 11.7. The van der Waals surface area contributed by atoms with Gasteiger partial charge in [0.15, 0.2) is 5.65 Å². The minimum atomic E-state index is -0.562. The summed E-state index contributed by atoms with van der Waals surface area (Å²) in [7, 11) is 0. The number of piperazine rings is 1. The molecular weight excluding hydrogens is 514 g/mol. The Labute approximate surface area is 234 Å². The maximum Gasteiger partial charge on any atom is 0.410 e. The average Bonchev–Trinajstić information content (AvgIpc) is 3.72. The lowest BCUT2D eigenvalue weighted by Gasteiger charge is -2.41. The van der Waals surface area contributed by atoms with Gasteiger partial charge in [0.05, 0.1) is 21.8 Å². The van der Waals surface area contributed by atoms with E-state index in [1.165, 1.54) is 0 Å². The molecule has 0 N–H and O–H groups in total. The van der Waals surface area contributed by atoms with Gasteiger partial charge in [0.25, 0.3) is 0 Å². The molecule has 208 valence electrons. The summed E-state index contributed by atoms with van der Waals surface area (Å²) in [6.45, 7) is 13.3. The molecule has 2 fully saturated rings. The molecule has 0 radical (unpaired) electrons. The van der Waals surface area contributed by atoms with Crippen molar-refractivity contribution in [3.63, 3.8) is 0 Å². The number of nitrogens with zero attached hydrogens (tertiary/aromatic N) is 5. The molecule has 3 aromatic rings. The Kier molecular flexibility index (Phi) is 7.35. The molecule has 0 bridgehead atoms. The van der Waals surface area contributed by atoms with Gasteiger partial charge in [-0.1, -0.05) is 43.6 Å². The number of hydrogen-bond donors (Lipinski definition) is 0. The lowest BCUT2D eigenvalue weighted by molar-refractivity contribution is 0.0218. The van der Waals surface area contributed by atoms with Crippen molar-refractivity contribution < 1.29 is 9.53 Å². The molecule has 39 heavy (non-hydrogen) atoms. The number of amides is 1. The highest BCUT2D eigenvalue weighted by molar-refractivity contribution is 6.32. The van der Waals surface area contributed by atoms with E-state index in [1.54, 1.807) is 9.47 Å². The summed E-state index contributed by atoms with van der Waals surface area (Å²) in [6.07, 6.45) is 3.34. The molecule has 1 saturated carbocycles. The summed E-state index contributed by atoms with van der Waals surface area (Å²) in [4.78, 5) is 40.2. The largest absolute Gasteiger partial charge is 0.444 e. The predicted octanol–water partition coefficient (Wildman–Crippen LogP) is 5.88. The number of fused-ring (bicyclic) bond motifs is 1. The quantitative estimate of drug-likeness (QED) is 0.394. The Bertz CT molecular complexity index is 1450. The molecule has 9 heteroatoms. The molecule has 2 aliphatic rings. The summed E-state index contributed by atoms with van der Waals surface area (Å²) in [5, 5.41) is 1.35. The van der Waals surface area contributed by atoms with Gasteiger partial charge in [-0.2, -0.15) is 4.98 Å². The van der Waals surface area contributed by atoms with Gasteiger partial charge in [0.2, 0.25) is 0 Å². The molecule has 1 aliphatic heterocycles. The molecule has 1 aromatic carbocycles. The number of aryl methyl sites for hydroxylation is 2. The molecule has 1 amide bonds. The number of halogens is 1. The molecule has 2 aromatic heterocycles. The summed E-state index contributed by atoms with van der Waals surface area (Å²) in [5.41, 5.74) is 3.56. The van der Waals surface area contributed by atoms with E-state index < -0.39 is 5.60 Å². The maximum absolute atomic E-state index is 13.9. The zero-order valence-corrected chi connectivity index (χ0v) is 24.5. The van der Waals surface area contributed by atoms with Crippen LogP contribution in [0.5, 0.6) is 0 Å². The van der Waals surface area contributed by atoms with Gasteiger partial charge in [-0.25, -0.2) is 19.1 Å². The van der Waals surface area contributed by atoms with Crippen molar-refractivity contribution in [1.82, 2.24) is 19.4 Å². The standard InChI is InChI=1S/C30H38ClN5O3/c1-7-19-10-9-11-20(8-2)25(19)36-27-22(16-23(31)24(32-27)21-12-13-21)26(33-28(36)37)35-15-14-34(17-18(35)3)29(38)39-30(4,5)6/h9-11,16,18,21H,7-8,12-15,17H2,1-6H3/t18-/m0/s1. The lowest BCUT2D eigenvalue weighted by Crippen LogP contribution is -2.55. The van der Waals surface area contributed by atoms with Crippen molar-refractivity contribution in [2.75, 3.05) is 24.5 Å². The fourth-order valence-electron chi connectivity index (χ4n) is 5.45. The highest BCUT2D eigenvalue weighted by Gasteiger charge is 2.34. The lowest BCUT2D eigenvalue weighted by atomic mass is 10.0. The highest BCUT2D eigenvalue weighted by Crippen LogP contribution is 2.44. The van der Waals surface area contributed by atoms with Gasteiger partial charge in [0, 0.05) is 31.6 Å². The normalized spacial score (nSPS) is 18.1. The smallest absolute Gasteiger partial charge is 0.410 e. The molecule has 1 saturated heterocycles. The van der Waals surface area contributed by atoms with Crippen molar-refractivity contribution in [3.05, 3.63) is 56.6 Å². The Morgan fingerprint density at radius 1 is 1.10 bits per heavy atom. The zero-order valence-electron chi connectivity index (χ0n) is 23.8. The van der Waals surface area contributed by atoms with Crippen LogP contribution in [0.1, 0.15) is 77.1 Å². The van der Waals surface area contributed by atoms with Crippen LogP contribution in [0.25, 0.3) is 16.7 Å². The van der Waals surface area contributed by atoms with Crippen molar-refractivity contribution in [3.8, 4) is 5.69 Å². The fourth-order valence-corrected chi connectivity index (χ4v) is 5.76. The summed E-state index contributed by atoms with van der Waals surface area (Å²) >= 11 is 6.80. The number of rotatable bonds is 5. The number of carbonyl (C=O) groups is 1. The van der Waals surface area contributed by atoms with Crippen LogP contribution in [0.4, 0.5) is 10.6 Å². The van der Waals surface area contributed by atoms with E-state index in [2.05, 4.69) is 35.9 Å². The third-order valence-corrected chi connectivity index (χ3v) is 7.84. The SMILES string of the molecule is CCc1cccc(CC)c1-n1c(=O)nc(N2CCN(C(=O)OC(C)(C)C)C[C@@H]2C)c2cc(Cl)c(C3CC3)nc21. The Hall–Kier alpha value is -3.13. The Morgan fingerprint density at radius 3 is 2.33 bits per heavy atom. The van der Waals surface area contributed by atoms with E-state index in [0.29, 0.717) is 42.0 Å². The van der Waals surface area contributed by atoms with Crippen molar-refractivity contribution in [2.24, 2.45) is 0 Å². The van der Waals surface area contributed by atoms with Crippen LogP contribution in [-0.2, 0) is 17.6 Å². The second kappa shape index (κ2) is 10.5. The van der Waals surface area contributed by atoms with Crippen molar-refractivity contribution in [1.29, 1.82) is 0 Å². The monoisotopic (exact) mass is 551 g/mol. The predicted molar refractivity (Wildman–Crippen MR) is 155 cm³/mol. The summed E-state index contributed by atoms with van der Waals surface area (Å²) < 4.78 is 7.29. The molecule has 0 unspecified atom stereocenters. The van der Waals surface area contributed by atoms with E-state index >= 15 is 0 Å². The number of para-hydroxylation sites is 1. The molecular formula is C30H38ClN5O3.